The molecule has 0 radical (unpaired) electrons. The maximum atomic E-state index is 8.11. The van der Waals surface area contributed by atoms with Crippen LogP contribution in [0, 0.1) is 0 Å². The zero-order chi connectivity index (χ0) is 19.7. The van der Waals surface area contributed by atoms with E-state index in [1.54, 1.807) is 49.3 Å². The lowest BCUT2D eigenvalue weighted by Crippen LogP contribution is -2.20. The number of likely N-dealkylation sites (N-methyl/N-ethyl adjacent to an activating group) is 1. The fourth-order valence-electron chi connectivity index (χ4n) is 1.57. The van der Waals surface area contributed by atoms with Gasteiger partial charge in [0.15, 0.2) is 0 Å². The molecular weight excluding hydrogens is 238 g/mol. The van der Waals surface area contributed by atoms with Gasteiger partial charge in [0, 0.05) is 23.8 Å². The summed E-state index contributed by atoms with van der Waals surface area (Å²) >= 11 is 0. The lowest BCUT2D eigenvalue weighted by Gasteiger charge is -2.20. The highest BCUT2D eigenvalue weighted by Crippen LogP contribution is 2.25. The van der Waals surface area contributed by atoms with Crippen molar-refractivity contribution in [2.75, 3.05) is 27.2 Å². The van der Waals surface area contributed by atoms with Crippen molar-refractivity contribution in [3.05, 3.63) is 53.8 Å². The summed E-state index contributed by atoms with van der Waals surface area (Å²) in [6.45, 7) is -4.92. The highest BCUT2D eigenvalue weighted by atomic mass is 16.5. The monoisotopic (exact) mass is 266 g/mol. The van der Waals surface area contributed by atoms with Crippen LogP contribution in [0.4, 0.5) is 0 Å². The van der Waals surface area contributed by atoms with E-state index in [0.29, 0.717) is 10.2 Å². The molecule has 1 heterocycles. The third kappa shape index (κ3) is 3.66. The van der Waals surface area contributed by atoms with Gasteiger partial charge in [-0.05, 0) is 25.7 Å². The number of nitrogens with zero attached hydrogens (tertiary/aromatic N) is 3. The van der Waals surface area contributed by atoms with Crippen LogP contribution in [0.25, 0.3) is 0 Å². The molecule has 19 heavy (non-hydrogen) atoms. The average Bonchev–Trinajstić information content (AvgIpc) is 2.80. The summed E-state index contributed by atoms with van der Waals surface area (Å²) < 4.78 is 61.2. The van der Waals surface area contributed by atoms with Gasteiger partial charge in [-0.2, -0.15) is 5.10 Å². The minimum atomic E-state index is -2.73. The molecule has 0 aliphatic rings. The third-order valence-electron chi connectivity index (χ3n) is 2.49. The van der Waals surface area contributed by atoms with Gasteiger partial charge in [-0.1, -0.05) is 30.3 Å². The Hall–Kier alpha value is -1.65. The summed E-state index contributed by atoms with van der Waals surface area (Å²) in [6, 6.07) is 8.05. The summed E-state index contributed by atoms with van der Waals surface area (Å²) in [4.78, 5) is 1.60. The fraction of sp³-hybridized carbons (Fsp3) is 0.400. The summed E-state index contributed by atoms with van der Waals surface area (Å²) in [5.74, 6) is 0. The van der Waals surface area contributed by atoms with Crippen LogP contribution in [-0.2, 0) is 11.7 Å². The molecule has 2 aromatic rings. The maximum absolute atomic E-state index is 8.11. The predicted octanol–water partition coefficient (Wildman–Crippen LogP) is 2.09. The maximum Gasteiger partial charge on any atom is 0.124 e. The van der Waals surface area contributed by atoms with Crippen molar-refractivity contribution in [3.63, 3.8) is 0 Å². The average molecular weight is 266 g/mol. The number of rotatable bonds is 6. The number of hydrogen-bond acceptors (Lipinski definition) is 3. The summed E-state index contributed by atoms with van der Waals surface area (Å²) in [7, 11) is 3.37. The van der Waals surface area contributed by atoms with Crippen LogP contribution in [0.3, 0.4) is 0 Å². The first-order valence-electron chi connectivity index (χ1n) is 9.36. The Morgan fingerprint density at radius 2 is 2.26 bits per heavy atom. The first-order valence-corrected chi connectivity index (χ1v) is 5.86. The fourth-order valence-corrected chi connectivity index (χ4v) is 1.57. The Morgan fingerprint density at radius 1 is 1.47 bits per heavy atom. The van der Waals surface area contributed by atoms with E-state index in [9.17, 15) is 0 Å². The van der Waals surface area contributed by atoms with Crippen LogP contribution in [0.2, 0.25) is 0 Å². The topological polar surface area (TPSA) is 30.3 Å². The number of aromatic nitrogens is 2. The molecule has 1 aromatic heterocycles. The van der Waals surface area contributed by atoms with Gasteiger partial charge >= 0.3 is 0 Å². The molecule has 4 heteroatoms. The second-order valence-electron chi connectivity index (χ2n) is 4.32. The molecule has 1 unspecified atom stereocenters. The Bertz CT molecular complexity index is 744. The van der Waals surface area contributed by atoms with E-state index in [2.05, 4.69) is 5.10 Å². The first-order chi connectivity index (χ1) is 11.9. The standard InChI is InChI=1S/C15H21N3O/c1-17(2)11-12-19-15(13-7-5-4-6-8-13)14-9-10-16-18(14)3/h4-10,15H,11-12H2,1-3H3/i3D3,9D,10D,12D2. The van der Waals surface area contributed by atoms with Crippen molar-refractivity contribution in [3.8, 4) is 0 Å². The van der Waals surface area contributed by atoms with E-state index >= 15 is 0 Å². The molecule has 102 valence electrons. The number of ether oxygens (including phenoxy) is 1. The van der Waals surface area contributed by atoms with Crippen LogP contribution in [-0.4, -0.2) is 41.9 Å². The van der Waals surface area contributed by atoms with Crippen LogP contribution in [0.15, 0.2) is 42.5 Å². The first kappa shape index (κ1) is 7.22. The zero-order valence-corrected chi connectivity index (χ0v) is 10.9. The molecule has 4 nitrogen and oxygen atoms in total. The minimum Gasteiger partial charge on any atom is -0.366 e. The molecule has 0 saturated carbocycles. The van der Waals surface area contributed by atoms with Crippen LogP contribution in [0.1, 0.15) is 27.0 Å². The quantitative estimate of drug-likeness (QED) is 0.802. The Kier molecular flexibility index (Phi) is 2.47. The number of benzene rings is 1. The largest absolute Gasteiger partial charge is 0.366 e. The van der Waals surface area contributed by atoms with Gasteiger partial charge in [-0.25, -0.2) is 0 Å². The molecule has 1 aromatic carbocycles. The van der Waals surface area contributed by atoms with Gasteiger partial charge in [-0.3, -0.25) is 4.68 Å². The molecular formula is C15H21N3O. The van der Waals surface area contributed by atoms with E-state index in [-0.39, 0.29) is 12.2 Å². The molecule has 1 atom stereocenters. The van der Waals surface area contributed by atoms with Crippen molar-refractivity contribution < 1.29 is 14.3 Å². The lowest BCUT2D eigenvalue weighted by molar-refractivity contribution is 0.0638. The molecule has 0 spiro atoms. The SMILES string of the molecule is [2H]c1nn(C([2H])([2H])[2H])c(C(OC([2H])([2H])CN(C)C)c2ccccc2)c1[2H]. The van der Waals surface area contributed by atoms with Gasteiger partial charge in [0.2, 0.25) is 0 Å². The van der Waals surface area contributed by atoms with E-state index in [0.717, 1.165) is 0 Å². The summed E-state index contributed by atoms with van der Waals surface area (Å²) in [6.07, 6.45) is -1.71. The van der Waals surface area contributed by atoms with E-state index in [1.807, 2.05) is 0 Å². The number of hydrogen-bond donors (Lipinski definition) is 0. The third-order valence-corrected chi connectivity index (χ3v) is 2.49. The predicted molar refractivity (Wildman–Crippen MR) is 76.0 cm³/mol. The van der Waals surface area contributed by atoms with Gasteiger partial charge in [0.25, 0.3) is 0 Å². The summed E-state index contributed by atoms with van der Waals surface area (Å²) in [5, 5.41) is 3.64. The molecule has 0 aliphatic carbocycles. The second kappa shape index (κ2) is 6.50. The summed E-state index contributed by atoms with van der Waals surface area (Å²) in [5.41, 5.74) is 0.290. The smallest absolute Gasteiger partial charge is 0.124 e. The van der Waals surface area contributed by atoms with Crippen molar-refractivity contribution in [2.24, 2.45) is 6.98 Å². The Morgan fingerprint density at radius 3 is 2.95 bits per heavy atom. The number of aryl methyl sites for hydroxylation is 1. The van der Waals surface area contributed by atoms with Gasteiger partial charge < -0.3 is 9.64 Å². The molecule has 0 fully saturated rings. The lowest BCUT2D eigenvalue weighted by atomic mass is 10.1. The molecule has 0 N–H and O–H groups in total. The van der Waals surface area contributed by atoms with Crippen molar-refractivity contribution >= 4 is 0 Å². The highest BCUT2D eigenvalue weighted by molar-refractivity contribution is 5.25. The van der Waals surface area contributed by atoms with E-state index in [4.69, 9.17) is 14.3 Å². The molecule has 0 aliphatic heterocycles. The molecule has 0 amide bonds. The normalized spacial score (nSPS) is 19.6. The van der Waals surface area contributed by atoms with Crippen LogP contribution < -0.4 is 0 Å². The van der Waals surface area contributed by atoms with Crippen LogP contribution in [0.5, 0.6) is 0 Å². The van der Waals surface area contributed by atoms with Crippen molar-refractivity contribution in [1.82, 2.24) is 14.7 Å². The van der Waals surface area contributed by atoms with Gasteiger partial charge in [-0.15, -0.1) is 0 Å². The Balaban J connectivity index is 2.60. The van der Waals surface area contributed by atoms with Gasteiger partial charge in [0.05, 0.1) is 17.7 Å². The zero-order valence-electron chi connectivity index (χ0n) is 17.9. The molecule has 2 rings (SSSR count). The molecule has 0 bridgehead atoms. The van der Waals surface area contributed by atoms with Gasteiger partial charge in [0.1, 0.15) is 6.10 Å². The molecule has 0 saturated heterocycles. The highest BCUT2D eigenvalue weighted by Gasteiger charge is 2.17. The van der Waals surface area contributed by atoms with E-state index in [1.165, 1.54) is 0 Å². The minimum absolute atomic E-state index is 0.0701. The van der Waals surface area contributed by atoms with Crippen LogP contribution >= 0.6 is 0 Å². The van der Waals surface area contributed by atoms with Crippen molar-refractivity contribution in [2.45, 2.75) is 6.10 Å². The Labute approximate surface area is 124 Å². The van der Waals surface area contributed by atoms with Crippen molar-refractivity contribution in [1.29, 1.82) is 0 Å². The van der Waals surface area contributed by atoms with E-state index < -0.39 is 31.9 Å². The second-order valence-corrected chi connectivity index (χ2v) is 4.32.